The van der Waals surface area contributed by atoms with Crippen LogP contribution in [0.4, 0.5) is 10.7 Å². The molecule has 0 saturated heterocycles. The molecule has 1 amide bonds. The number of carbonyl (C=O) groups is 1. The maximum Gasteiger partial charge on any atom is 0.244 e. The minimum Gasteiger partial charge on any atom is -0.362 e. The maximum absolute atomic E-state index is 12.6. The first kappa shape index (κ1) is 16.2. The predicted octanol–water partition coefficient (Wildman–Crippen LogP) is 3.89. The number of fused-ring (bicyclic) bond motifs is 2. The Morgan fingerprint density at radius 2 is 2.04 bits per heavy atom. The first-order chi connectivity index (χ1) is 12.3. The van der Waals surface area contributed by atoms with Crippen molar-refractivity contribution in [3.63, 3.8) is 0 Å². The fraction of sp³-hybridized carbons (Fsp3) is 0.400. The molecule has 0 saturated carbocycles. The normalized spacial score (nSPS) is 15.9. The third-order valence-electron chi connectivity index (χ3n) is 5.10. The van der Waals surface area contributed by atoms with Gasteiger partial charge in [0.1, 0.15) is 11.1 Å². The molecule has 0 unspecified atom stereocenters. The highest BCUT2D eigenvalue weighted by atomic mass is 32.1. The van der Waals surface area contributed by atoms with E-state index in [9.17, 15) is 10.1 Å². The van der Waals surface area contributed by atoms with Crippen molar-refractivity contribution < 1.29 is 4.79 Å². The highest BCUT2D eigenvalue weighted by molar-refractivity contribution is 7.16. The van der Waals surface area contributed by atoms with Crippen LogP contribution < -0.4 is 10.2 Å². The van der Waals surface area contributed by atoms with Crippen LogP contribution in [0.5, 0.6) is 0 Å². The molecule has 0 fully saturated rings. The van der Waals surface area contributed by atoms with E-state index in [-0.39, 0.29) is 5.91 Å². The number of aryl methyl sites for hydroxylation is 1. The minimum atomic E-state index is -0.0374. The van der Waals surface area contributed by atoms with E-state index in [1.54, 1.807) is 11.3 Å². The zero-order valence-electron chi connectivity index (χ0n) is 14.2. The number of anilines is 2. The number of nitriles is 1. The molecule has 0 radical (unpaired) electrons. The summed E-state index contributed by atoms with van der Waals surface area (Å²) in [5.74, 6) is -0.0374. The van der Waals surface area contributed by atoms with Gasteiger partial charge in [-0.1, -0.05) is 24.6 Å². The van der Waals surface area contributed by atoms with Crippen LogP contribution in [0, 0.1) is 11.3 Å². The number of benzene rings is 1. The zero-order chi connectivity index (χ0) is 17.2. The first-order valence-electron chi connectivity index (χ1n) is 8.93. The van der Waals surface area contributed by atoms with Gasteiger partial charge in [0.15, 0.2) is 0 Å². The quantitative estimate of drug-likeness (QED) is 0.854. The summed E-state index contributed by atoms with van der Waals surface area (Å²) in [7, 11) is 0. The van der Waals surface area contributed by atoms with E-state index in [1.807, 2.05) is 12.1 Å². The van der Waals surface area contributed by atoms with Crippen molar-refractivity contribution in [2.24, 2.45) is 0 Å². The van der Waals surface area contributed by atoms with E-state index in [0.717, 1.165) is 42.9 Å². The number of nitrogens with one attached hydrogen (secondary N) is 1. The number of rotatable bonds is 3. The number of para-hydroxylation sites is 1. The molecule has 5 heteroatoms. The van der Waals surface area contributed by atoms with Crippen molar-refractivity contribution >= 4 is 27.9 Å². The second-order valence-corrected chi connectivity index (χ2v) is 7.83. The zero-order valence-corrected chi connectivity index (χ0v) is 15.0. The van der Waals surface area contributed by atoms with Gasteiger partial charge in [0, 0.05) is 17.1 Å². The van der Waals surface area contributed by atoms with Gasteiger partial charge >= 0.3 is 0 Å². The molecule has 0 bridgehead atoms. The summed E-state index contributed by atoms with van der Waals surface area (Å²) in [6.45, 7) is 1.21. The van der Waals surface area contributed by atoms with Crippen molar-refractivity contribution in [1.82, 2.24) is 0 Å². The van der Waals surface area contributed by atoms with Gasteiger partial charge in [-0.2, -0.15) is 5.26 Å². The minimum absolute atomic E-state index is 0.0374. The molecular formula is C20H21N3OS. The van der Waals surface area contributed by atoms with Crippen molar-refractivity contribution in [2.75, 3.05) is 23.3 Å². The summed E-state index contributed by atoms with van der Waals surface area (Å²) < 4.78 is 0. The number of carbonyl (C=O) groups excluding carboxylic acids is 1. The molecule has 4 rings (SSSR count). The number of amides is 1. The largest absolute Gasteiger partial charge is 0.362 e. The number of thiophene rings is 1. The summed E-state index contributed by atoms with van der Waals surface area (Å²) in [6, 6.07) is 10.6. The molecule has 1 aliphatic heterocycles. The average Bonchev–Trinajstić information content (AvgIpc) is 3.08. The van der Waals surface area contributed by atoms with E-state index in [1.165, 1.54) is 28.8 Å². The average molecular weight is 351 g/mol. The molecule has 1 N–H and O–H groups in total. The molecule has 25 heavy (non-hydrogen) atoms. The van der Waals surface area contributed by atoms with Gasteiger partial charge in [0.05, 0.1) is 12.1 Å². The SMILES string of the molecule is N#Cc1c(NC(=O)CN2CCc3ccccc32)sc2c1CCCCC2. The Kier molecular flexibility index (Phi) is 4.46. The first-order valence-corrected chi connectivity index (χ1v) is 9.75. The van der Waals surface area contributed by atoms with Crippen molar-refractivity contribution in [1.29, 1.82) is 5.26 Å². The fourth-order valence-corrected chi connectivity index (χ4v) is 5.12. The van der Waals surface area contributed by atoms with Gasteiger partial charge in [-0.3, -0.25) is 4.79 Å². The third kappa shape index (κ3) is 3.14. The van der Waals surface area contributed by atoms with Gasteiger partial charge in [0.2, 0.25) is 5.91 Å². The van der Waals surface area contributed by atoms with E-state index in [4.69, 9.17) is 0 Å². The van der Waals surface area contributed by atoms with E-state index >= 15 is 0 Å². The van der Waals surface area contributed by atoms with Crippen molar-refractivity contribution in [3.8, 4) is 6.07 Å². The molecule has 1 aromatic heterocycles. The van der Waals surface area contributed by atoms with Crippen molar-refractivity contribution in [2.45, 2.75) is 38.5 Å². The second kappa shape index (κ2) is 6.89. The molecule has 0 atom stereocenters. The number of hydrogen-bond acceptors (Lipinski definition) is 4. The van der Waals surface area contributed by atoms with Crippen LogP contribution in [0.3, 0.4) is 0 Å². The lowest BCUT2D eigenvalue weighted by Crippen LogP contribution is -2.31. The summed E-state index contributed by atoms with van der Waals surface area (Å²) in [5.41, 5.74) is 4.32. The molecule has 1 aliphatic carbocycles. The Morgan fingerprint density at radius 3 is 2.92 bits per heavy atom. The number of hydrogen-bond donors (Lipinski definition) is 1. The van der Waals surface area contributed by atoms with Crippen molar-refractivity contribution in [3.05, 3.63) is 45.8 Å². The molecule has 2 heterocycles. The number of nitrogens with zero attached hydrogens (tertiary/aromatic N) is 2. The van der Waals surface area contributed by atoms with Gasteiger partial charge in [0.25, 0.3) is 0 Å². The topological polar surface area (TPSA) is 56.1 Å². The summed E-state index contributed by atoms with van der Waals surface area (Å²) in [5, 5.41) is 13.3. The second-order valence-electron chi connectivity index (χ2n) is 6.73. The van der Waals surface area contributed by atoms with Gasteiger partial charge in [-0.05, 0) is 49.3 Å². The maximum atomic E-state index is 12.6. The highest BCUT2D eigenvalue weighted by Gasteiger charge is 2.23. The highest BCUT2D eigenvalue weighted by Crippen LogP contribution is 2.37. The Balaban J connectivity index is 1.50. The molecule has 4 nitrogen and oxygen atoms in total. The Bertz CT molecular complexity index is 849. The summed E-state index contributed by atoms with van der Waals surface area (Å²) in [6.07, 6.45) is 6.52. The molecule has 0 spiro atoms. The molecule has 128 valence electrons. The van der Waals surface area contributed by atoms with E-state index in [0.29, 0.717) is 12.1 Å². The van der Waals surface area contributed by atoms with Gasteiger partial charge in [-0.15, -0.1) is 11.3 Å². The molecular weight excluding hydrogens is 330 g/mol. The van der Waals surface area contributed by atoms with Gasteiger partial charge in [-0.25, -0.2) is 0 Å². The van der Waals surface area contributed by atoms with E-state index in [2.05, 4.69) is 28.4 Å². The Hall–Kier alpha value is -2.32. The van der Waals surface area contributed by atoms with Crippen LogP contribution in [0.1, 0.15) is 40.8 Å². The van der Waals surface area contributed by atoms with Crippen LogP contribution in [0.15, 0.2) is 24.3 Å². The van der Waals surface area contributed by atoms with E-state index < -0.39 is 0 Å². The summed E-state index contributed by atoms with van der Waals surface area (Å²) >= 11 is 1.60. The molecule has 1 aromatic carbocycles. The molecule has 2 aromatic rings. The third-order valence-corrected chi connectivity index (χ3v) is 6.31. The van der Waals surface area contributed by atoms with Crippen LogP contribution >= 0.6 is 11.3 Å². The monoisotopic (exact) mass is 351 g/mol. The summed E-state index contributed by atoms with van der Waals surface area (Å²) in [4.78, 5) is 16.0. The standard InChI is InChI=1S/C20H21N3OS/c21-12-16-15-7-2-1-3-9-18(15)25-20(16)22-19(24)13-23-11-10-14-6-4-5-8-17(14)23/h4-6,8H,1-3,7,9-11,13H2,(H,22,24). The lowest BCUT2D eigenvalue weighted by Gasteiger charge is -2.18. The predicted molar refractivity (Wildman–Crippen MR) is 101 cm³/mol. The smallest absolute Gasteiger partial charge is 0.244 e. The Labute approximate surface area is 152 Å². The lowest BCUT2D eigenvalue weighted by molar-refractivity contribution is -0.114. The van der Waals surface area contributed by atoms with Crippen LogP contribution in [-0.2, 0) is 24.1 Å². The Morgan fingerprint density at radius 1 is 1.20 bits per heavy atom. The lowest BCUT2D eigenvalue weighted by atomic mass is 10.1. The molecule has 2 aliphatic rings. The van der Waals surface area contributed by atoms with Crippen LogP contribution in [-0.4, -0.2) is 19.0 Å². The van der Waals surface area contributed by atoms with Crippen LogP contribution in [0.25, 0.3) is 0 Å². The van der Waals surface area contributed by atoms with Gasteiger partial charge < -0.3 is 10.2 Å². The van der Waals surface area contributed by atoms with Crippen LogP contribution in [0.2, 0.25) is 0 Å². The fourth-order valence-electron chi connectivity index (χ4n) is 3.86.